The number of nitrogens with two attached hydrogens (primary N) is 1. The molecule has 0 fully saturated rings. The summed E-state index contributed by atoms with van der Waals surface area (Å²) < 4.78 is 4.87. The van der Waals surface area contributed by atoms with Crippen LogP contribution in [0.2, 0.25) is 0 Å². The average molecular weight is 238 g/mol. The normalized spacial score (nSPS) is 11.7. The molecule has 8 nitrogen and oxygen atoms in total. The summed E-state index contributed by atoms with van der Waals surface area (Å²) in [6.45, 7) is 1.61. The zero-order valence-electron chi connectivity index (χ0n) is 8.91. The first-order valence-corrected chi connectivity index (χ1v) is 4.51. The molecule has 1 aromatic rings. The molecule has 90 valence electrons. The lowest BCUT2D eigenvalue weighted by Crippen LogP contribution is -2.25. The van der Waals surface area contributed by atoms with Crippen LogP contribution in [-0.2, 0) is 0 Å². The van der Waals surface area contributed by atoms with Crippen LogP contribution in [0.3, 0.4) is 0 Å². The van der Waals surface area contributed by atoms with Crippen molar-refractivity contribution < 1.29 is 14.1 Å². The average Bonchev–Trinajstić information content (AvgIpc) is 2.72. The van der Waals surface area contributed by atoms with Gasteiger partial charge in [-0.3, -0.25) is 10.1 Å². The van der Waals surface area contributed by atoms with Gasteiger partial charge >= 0.3 is 11.9 Å². The Morgan fingerprint density at radius 1 is 1.65 bits per heavy atom. The first kappa shape index (κ1) is 12.4. The maximum atomic E-state index is 10.3. The number of primary amides is 1. The third kappa shape index (κ3) is 4.16. The zero-order valence-corrected chi connectivity index (χ0v) is 8.91. The molecule has 0 saturated carbocycles. The Morgan fingerprint density at radius 3 is 2.88 bits per heavy atom. The maximum Gasteiger partial charge on any atom is 0.433 e. The second-order valence-corrected chi connectivity index (χ2v) is 3.00. The number of carbonyl (C=O) groups excluding carboxylic acids is 1. The molecule has 0 spiro atoms. The van der Waals surface area contributed by atoms with Gasteiger partial charge in [0, 0.05) is 0 Å². The monoisotopic (exact) mass is 238 g/mol. The van der Waals surface area contributed by atoms with Gasteiger partial charge in [-0.15, -0.1) is 0 Å². The van der Waals surface area contributed by atoms with Crippen LogP contribution in [0, 0.1) is 10.1 Å². The van der Waals surface area contributed by atoms with Crippen LogP contribution in [0.4, 0.5) is 10.7 Å². The SMILES string of the molecule is CC(C=Cc1ccc([N+](=O)[O-])o1)=NNC(N)=O. The van der Waals surface area contributed by atoms with Crippen molar-refractivity contribution in [3.05, 3.63) is 34.1 Å². The third-order valence-corrected chi connectivity index (χ3v) is 1.62. The lowest BCUT2D eigenvalue weighted by Gasteiger charge is -1.92. The number of carbonyl (C=O) groups is 1. The van der Waals surface area contributed by atoms with E-state index in [1.165, 1.54) is 24.3 Å². The van der Waals surface area contributed by atoms with E-state index in [-0.39, 0.29) is 5.88 Å². The van der Waals surface area contributed by atoms with Crippen LogP contribution >= 0.6 is 0 Å². The van der Waals surface area contributed by atoms with Gasteiger partial charge in [-0.2, -0.15) is 5.10 Å². The molecule has 0 radical (unpaired) electrons. The van der Waals surface area contributed by atoms with Gasteiger partial charge in [-0.05, 0) is 25.1 Å². The molecule has 1 heterocycles. The number of amides is 2. The van der Waals surface area contributed by atoms with Crippen molar-refractivity contribution in [1.82, 2.24) is 5.43 Å². The Labute approximate surface area is 95.9 Å². The van der Waals surface area contributed by atoms with E-state index >= 15 is 0 Å². The van der Waals surface area contributed by atoms with Gasteiger partial charge in [0.1, 0.15) is 10.7 Å². The Hall–Kier alpha value is -2.64. The first-order valence-electron chi connectivity index (χ1n) is 4.51. The highest BCUT2D eigenvalue weighted by Gasteiger charge is 2.09. The summed E-state index contributed by atoms with van der Waals surface area (Å²) in [5.41, 5.74) is 7.31. The third-order valence-electron chi connectivity index (χ3n) is 1.62. The molecular weight excluding hydrogens is 228 g/mol. The fraction of sp³-hybridized carbons (Fsp3) is 0.111. The van der Waals surface area contributed by atoms with Gasteiger partial charge in [0.15, 0.2) is 0 Å². The standard InChI is InChI=1S/C9H10N4O4/c1-6(11-12-9(10)14)2-3-7-4-5-8(17-7)13(15)16/h2-5H,1H3,(H3,10,12,14). The van der Waals surface area contributed by atoms with Crippen LogP contribution in [0.1, 0.15) is 12.7 Å². The van der Waals surface area contributed by atoms with Gasteiger partial charge in [0.25, 0.3) is 0 Å². The highest BCUT2D eigenvalue weighted by Crippen LogP contribution is 2.16. The number of rotatable bonds is 4. The molecule has 0 bridgehead atoms. The summed E-state index contributed by atoms with van der Waals surface area (Å²) in [6, 6.07) is 1.92. The second kappa shape index (κ2) is 5.45. The summed E-state index contributed by atoms with van der Waals surface area (Å²) in [5, 5.41) is 13.9. The van der Waals surface area contributed by atoms with Crippen molar-refractivity contribution in [3.63, 3.8) is 0 Å². The lowest BCUT2D eigenvalue weighted by atomic mass is 10.3. The lowest BCUT2D eigenvalue weighted by molar-refractivity contribution is -0.402. The summed E-state index contributed by atoms with van der Waals surface area (Å²) >= 11 is 0. The first-order chi connectivity index (χ1) is 7.99. The summed E-state index contributed by atoms with van der Waals surface area (Å²) in [5.74, 6) is -0.0279. The number of nitrogens with one attached hydrogen (secondary N) is 1. The molecule has 3 N–H and O–H groups in total. The van der Waals surface area contributed by atoms with Gasteiger partial charge in [-0.25, -0.2) is 10.2 Å². The predicted octanol–water partition coefficient (Wildman–Crippen LogP) is 1.25. The molecule has 8 heteroatoms. The van der Waals surface area contributed by atoms with Gasteiger partial charge in [0.2, 0.25) is 0 Å². The number of nitro groups is 1. The Bertz CT molecular complexity index is 489. The number of hydrazone groups is 1. The molecule has 0 aliphatic carbocycles. The van der Waals surface area contributed by atoms with Crippen LogP contribution in [-0.4, -0.2) is 16.7 Å². The van der Waals surface area contributed by atoms with E-state index in [0.717, 1.165) is 0 Å². The summed E-state index contributed by atoms with van der Waals surface area (Å²) in [6.07, 6.45) is 2.99. The number of allylic oxidation sites excluding steroid dienone is 1. The van der Waals surface area contributed by atoms with Crippen LogP contribution in [0.25, 0.3) is 6.08 Å². The molecule has 0 atom stereocenters. The number of hydrogen-bond donors (Lipinski definition) is 2. The summed E-state index contributed by atoms with van der Waals surface area (Å²) in [7, 11) is 0. The number of urea groups is 1. The number of nitrogens with zero attached hydrogens (tertiary/aromatic N) is 2. The predicted molar refractivity (Wildman–Crippen MR) is 60.2 cm³/mol. The van der Waals surface area contributed by atoms with E-state index in [9.17, 15) is 14.9 Å². The van der Waals surface area contributed by atoms with Crippen molar-refractivity contribution in [2.45, 2.75) is 6.92 Å². The van der Waals surface area contributed by atoms with E-state index in [1.54, 1.807) is 6.92 Å². The van der Waals surface area contributed by atoms with E-state index in [1.807, 2.05) is 5.43 Å². The maximum absolute atomic E-state index is 10.3. The minimum Gasteiger partial charge on any atom is -0.401 e. The molecule has 17 heavy (non-hydrogen) atoms. The van der Waals surface area contributed by atoms with Crippen molar-refractivity contribution in [1.29, 1.82) is 0 Å². The highest BCUT2D eigenvalue weighted by molar-refractivity contribution is 5.96. The molecule has 0 aliphatic rings. The smallest absolute Gasteiger partial charge is 0.401 e. The summed E-state index contributed by atoms with van der Waals surface area (Å²) in [4.78, 5) is 20.0. The fourth-order valence-corrected chi connectivity index (χ4v) is 0.913. The van der Waals surface area contributed by atoms with Gasteiger partial charge < -0.3 is 10.2 Å². The van der Waals surface area contributed by atoms with E-state index in [0.29, 0.717) is 11.5 Å². The molecule has 0 aliphatic heterocycles. The van der Waals surface area contributed by atoms with Gasteiger partial charge in [-0.1, -0.05) is 0 Å². The van der Waals surface area contributed by atoms with Gasteiger partial charge in [0.05, 0.1) is 11.8 Å². The highest BCUT2D eigenvalue weighted by atomic mass is 16.6. The molecule has 1 aromatic heterocycles. The van der Waals surface area contributed by atoms with Crippen molar-refractivity contribution in [2.24, 2.45) is 10.8 Å². The van der Waals surface area contributed by atoms with Crippen LogP contribution in [0.5, 0.6) is 0 Å². The molecule has 1 rings (SSSR count). The Kier molecular flexibility index (Phi) is 3.98. The van der Waals surface area contributed by atoms with Crippen molar-refractivity contribution >= 4 is 23.7 Å². The number of hydrogen-bond acceptors (Lipinski definition) is 5. The largest absolute Gasteiger partial charge is 0.433 e. The molecule has 0 aromatic carbocycles. The molecule has 2 amide bonds. The minimum absolute atomic E-state index is 0.310. The second-order valence-electron chi connectivity index (χ2n) is 3.00. The van der Waals surface area contributed by atoms with Crippen molar-refractivity contribution in [3.8, 4) is 0 Å². The fourth-order valence-electron chi connectivity index (χ4n) is 0.913. The Balaban J connectivity index is 2.66. The Morgan fingerprint density at radius 2 is 2.35 bits per heavy atom. The molecular formula is C9H10N4O4. The van der Waals surface area contributed by atoms with Crippen LogP contribution in [0.15, 0.2) is 27.7 Å². The zero-order chi connectivity index (χ0) is 12.8. The molecule has 0 unspecified atom stereocenters. The van der Waals surface area contributed by atoms with Crippen LogP contribution < -0.4 is 11.2 Å². The van der Waals surface area contributed by atoms with Crippen molar-refractivity contribution in [2.75, 3.05) is 0 Å². The molecule has 0 saturated heterocycles. The minimum atomic E-state index is -0.772. The van der Waals surface area contributed by atoms with E-state index < -0.39 is 11.0 Å². The van der Waals surface area contributed by atoms with E-state index in [4.69, 9.17) is 10.2 Å². The topological polar surface area (TPSA) is 124 Å². The van der Waals surface area contributed by atoms with E-state index in [2.05, 4.69) is 5.10 Å². The number of furan rings is 1. The quantitative estimate of drug-likeness (QED) is 0.465.